The van der Waals surface area contributed by atoms with Crippen LogP contribution in [0, 0.1) is 18.3 Å². The molecule has 0 atom stereocenters. The van der Waals surface area contributed by atoms with Gasteiger partial charge in [0.1, 0.15) is 6.07 Å². The van der Waals surface area contributed by atoms with Crippen molar-refractivity contribution in [1.29, 1.82) is 5.26 Å². The van der Waals surface area contributed by atoms with Gasteiger partial charge < -0.3 is 10.6 Å². The van der Waals surface area contributed by atoms with Gasteiger partial charge in [0.2, 0.25) is 0 Å². The molecule has 12 heavy (non-hydrogen) atoms. The van der Waals surface area contributed by atoms with Crippen LogP contribution in [0.3, 0.4) is 0 Å². The third-order valence-corrected chi connectivity index (χ3v) is 2.06. The van der Waals surface area contributed by atoms with E-state index < -0.39 is 0 Å². The predicted molar refractivity (Wildman–Crippen MR) is 48.0 cm³/mol. The normalized spacial score (nSPS) is 12.7. The minimum Gasteiger partial charge on any atom is -0.366 e. The number of benzene rings is 1. The highest BCUT2D eigenvalue weighted by atomic mass is 15.1. The van der Waals surface area contributed by atoms with Crippen molar-refractivity contribution in [3.8, 4) is 6.07 Å². The van der Waals surface area contributed by atoms with E-state index in [0.717, 1.165) is 18.0 Å². The molecule has 0 bridgehead atoms. The summed E-state index contributed by atoms with van der Waals surface area (Å²) in [6.45, 7) is 2.74. The topological polar surface area (TPSA) is 47.9 Å². The standard InChI is InChI=1S/C9H9N3/c1-6-2-3-7(4-10)9-8(6)11-5-12-9/h2-3,11-12H,5H2,1H3. The van der Waals surface area contributed by atoms with Crippen molar-refractivity contribution >= 4 is 11.4 Å². The van der Waals surface area contributed by atoms with Gasteiger partial charge in [0, 0.05) is 0 Å². The summed E-state index contributed by atoms with van der Waals surface area (Å²) in [5, 5.41) is 15.1. The van der Waals surface area contributed by atoms with Crippen molar-refractivity contribution in [1.82, 2.24) is 0 Å². The first-order valence-electron chi connectivity index (χ1n) is 3.84. The maximum Gasteiger partial charge on any atom is 0.101 e. The van der Waals surface area contributed by atoms with Crippen LogP contribution in [0.1, 0.15) is 11.1 Å². The van der Waals surface area contributed by atoms with E-state index >= 15 is 0 Å². The maximum atomic E-state index is 8.77. The first-order chi connectivity index (χ1) is 5.83. The Morgan fingerprint density at radius 2 is 2.08 bits per heavy atom. The lowest BCUT2D eigenvalue weighted by Gasteiger charge is -2.03. The molecular formula is C9H9N3. The Kier molecular flexibility index (Phi) is 1.41. The molecule has 1 aromatic carbocycles. The molecule has 2 rings (SSSR count). The summed E-state index contributed by atoms with van der Waals surface area (Å²) in [4.78, 5) is 0. The Labute approximate surface area is 71.0 Å². The molecule has 1 aromatic rings. The highest BCUT2D eigenvalue weighted by molar-refractivity contribution is 5.81. The summed E-state index contributed by atoms with van der Waals surface area (Å²) < 4.78 is 0. The molecule has 0 amide bonds. The number of fused-ring (bicyclic) bond motifs is 1. The Morgan fingerprint density at radius 3 is 2.83 bits per heavy atom. The quantitative estimate of drug-likeness (QED) is 0.605. The fourth-order valence-corrected chi connectivity index (χ4v) is 1.43. The molecule has 0 spiro atoms. The second kappa shape index (κ2) is 2.42. The molecule has 2 N–H and O–H groups in total. The fraction of sp³-hybridized carbons (Fsp3) is 0.222. The molecule has 1 aliphatic rings. The average Bonchev–Trinajstić information content (AvgIpc) is 2.54. The molecule has 0 aromatic heterocycles. The Bertz CT molecular complexity index is 363. The fourth-order valence-electron chi connectivity index (χ4n) is 1.43. The second-order valence-electron chi connectivity index (χ2n) is 2.82. The van der Waals surface area contributed by atoms with E-state index in [1.165, 1.54) is 5.56 Å². The van der Waals surface area contributed by atoms with Crippen LogP contribution in [-0.4, -0.2) is 6.67 Å². The molecule has 0 saturated heterocycles. The summed E-state index contributed by atoms with van der Waals surface area (Å²) in [6.07, 6.45) is 0. The van der Waals surface area contributed by atoms with Gasteiger partial charge in [-0.1, -0.05) is 6.07 Å². The van der Waals surface area contributed by atoms with Crippen LogP contribution in [0.2, 0.25) is 0 Å². The summed E-state index contributed by atoms with van der Waals surface area (Å²) >= 11 is 0. The van der Waals surface area contributed by atoms with Crippen LogP contribution < -0.4 is 10.6 Å². The molecule has 0 aliphatic carbocycles. The van der Waals surface area contributed by atoms with Gasteiger partial charge in [-0.2, -0.15) is 5.26 Å². The van der Waals surface area contributed by atoms with Gasteiger partial charge in [0.25, 0.3) is 0 Å². The van der Waals surface area contributed by atoms with Crippen molar-refractivity contribution < 1.29 is 0 Å². The van der Waals surface area contributed by atoms with Gasteiger partial charge in [0.15, 0.2) is 0 Å². The van der Waals surface area contributed by atoms with E-state index in [0.29, 0.717) is 5.56 Å². The number of aryl methyl sites for hydroxylation is 1. The molecule has 60 valence electrons. The van der Waals surface area contributed by atoms with Crippen molar-refractivity contribution in [2.24, 2.45) is 0 Å². The van der Waals surface area contributed by atoms with Gasteiger partial charge in [0.05, 0.1) is 23.6 Å². The van der Waals surface area contributed by atoms with E-state index in [-0.39, 0.29) is 0 Å². The van der Waals surface area contributed by atoms with Crippen LogP contribution in [0.5, 0.6) is 0 Å². The monoisotopic (exact) mass is 159 g/mol. The molecule has 0 saturated carbocycles. The van der Waals surface area contributed by atoms with Gasteiger partial charge in [-0.3, -0.25) is 0 Å². The van der Waals surface area contributed by atoms with E-state index in [4.69, 9.17) is 5.26 Å². The van der Waals surface area contributed by atoms with Gasteiger partial charge >= 0.3 is 0 Å². The molecule has 1 heterocycles. The summed E-state index contributed by atoms with van der Waals surface area (Å²) in [7, 11) is 0. The highest BCUT2D eigenvalue weighted by Crippen LogP contribution is 2.32. The number of nitriles is 1. The lowest BCUT2D eigenvalue weighted by atomic mass is 10.1. The van der Waals surface area contributed by atoms with E-state index in [9.17, 15) is 0 Å². The zero-order valence-corrected chi connectivity index (χ0v) is 6.81. The molecule has 0 radical (unpaired) electrons. The molecule has 3 heteroatoms. The molecule has 3 nitrogen and oxygen atoms in total. The molecule has 1 aliphatic heterocycles. The second-order valence-corrected chi connectivity index (χ2v) is 2.82. The van der Waals surface area contributed by atoms with E-state index in [1.54, 1.807) is 0 Å². The molecular weight excluding hydrogens is 150 g/mol. The van der Waals surface area contributed by atoms with E-state index in [2.05, 4.69) is 16.7 Å². The van der Waals surface area contributed by atoms with Crippen LogP contribution in [0.15, 0.2) is 12.1 Å². The molecule has 0 unspecified atom stereocenters. The van der Waals surface area contributed by atoms with Gasteiger partial charge in [-0.25, -0.2) is 0 Å². The first-order valence-corrected chi connectivity index (χ1v) is 3.84. The number of hydrogen-bond acceptors (Lipinski definition) is 3. The SMILES string of the molecule is Cc1ccc(C#N)c2c1NCN2. The summed E-state index contributed by atoms with van der Waals surface area (Å²) in [5.74, 6) is 0. The summed E-state index contributed by atoms with van der Waals surface area (Å²) in [6, 6.07) is 5.95. The van der Waals surface area contributed by atoms with Crippen molar-refractivity contribution in [2.45, 2.75) is 6.92 Å². The first kappa shape index (κ1) is 6.99. The largest absolute Gasteiger partial charge is 0.366 e. The van der Waals surface area contributed by atoms with Crippen molar-refractivity contribution in [3.05, 3.63) is 23.3 Å². The van der Waals surface area contributed by atoms with Crippen LogP contribution in [0.4, 0.5) is 11.4 Å². The zero-order valence-electron chi connectivity index (χ0n) is 6.81. The lowest BCUT2D eigenvalue weighted by molar-refractivity contribution is 1.30. The van der Waals surface area contributed by atoms with Crippen LogP contribution in [0.25, 0.3) is 0 Å². The number of hydrogen-bond donors (Lipinski definition) is 2. The average molecular weight is 159 g/mol. The minimum absolute atomic E-state index is 0.709. The number of anilines is 2. The number of nitrogens with one attached hydrogen (secondary N) is 2. The van der Waals surface area contributed by atoms with Gasteiger partial charge in [-0.15, -0.1) is 0 Å². The van der Waals surface area contributed by atoms with Gasteiger partial charge in [-0.05, 0) is 18.6 Å². The lowest BCUT2D eigenvalue weighted by Crippen LogP contribution is -1.99. The third-order valence-electron chi connectivity index (χ3n) is 2.06. The van der Waals surface area contributed by atoms with Crippen LogP contribution >= 0.6 is 0 Å². The number of nitrogens with zero attached hydrogens (tertiary/aromatic N) is 1. The highest BCUT2D eigenvalue weighted by Gasteiger charge is 2.14. The molecule has 0 fully saturated rings. The summed E-state index contributed by atoms with van der Waals surface area (Å²) in [5.41, 5.74) is 3.89. The van der Waals surface area contributed by atoms with Crippen LogP contribution in [-0.2, 0) is 0 Å². The third kappa shape index (κ3) is 0.817. The Balaban J connectivity index is 2.66. The smallest absolute Gasteiger partial charge is 0.101 e. The van der Waals surface area contributed by atoms with Crippen molar-refractivity contribution in [3.63, 3.8) is 0 Å². The van der Waals surface area contributed by atoms with Crippen molar-refractivity contribution in [2.75, 3.05) is 17.3 Å². The number of rotatable bonds is 0. The minimum atomic E-state index is 0.709. The maximum absolute atomic E-state index is 8.77. The zero-order chi connectivity index (χ0) is 8.55. The Hall–Kier alpha value is -1.69. The van der Waals surface area contributed by atoms with E-state index in [1.807, 2.05) is 19.1 Å². The Morgan fingerprint density at radius 1 is 1.33 bits per heavy atom. The predicted octanol–water partition coefficient (Wildman–Crippen LogP) is 1.66.